The highest BCUT2D eigenvalue weighted by molar-refractivity contribution is 5.54. The fourth-order valence-electron chi connectivity index (χ4n) is 1.06. The van der Waals surface area contributed by atoms with E-state index >= 15 is 0 Å². The van der Waals surface area contributed by atoms with Crippen molar-refractivity contribution in [3.63, 3.8) is 0 Å². The Bertz CT molecular complexity index is 282. The van der Waals surface area contributed by atoms with Gasteiger partial charge in [0.25, 0.3) is 0 Å². The van der Waals surface area contributed by atoms with E-state index in [4.69, 9.17) is 5.73 Å². The van der Waals surface area contributed by atoms with Gasteiger partial charge in [-0.15, -0.1) is 0 Å². The van der Waals surface area contributed by atoms with Gasteiger partial charge >= 0.3 is 0 Å². The minimum atomic E-state index is 0.710. The second kappa shape index (κ2) is 5.33. The molecule has 0 aliphatic rings. The first-order chi connectivity index (χ1) is 6.36. The van der Waals surface area contributed by atoms with Gasteiger partial charge in [-0.3, -0.25) is 0 Å². The summed E-state index contributed by atoms with van der Waals surface area (Å²) in [5.41, 5.74) is 7.73. The molecule has 0 aliphatic heterocycles. The van der Waals surface area contributed by atoms with Crippen LogP contribution in [0.2, 0.25) is 0 Å². The van der Waals surface area contributed by atoms with Crippen molar-refractivity contribution in [3.8, 4) is 0 Å². The molecule has 0 unspecified atom stereocenters. The molecule has 0 atom stereocenters. The molecular formula is C12H15N. The average Bonchev–Trinajstić information content (AvgIpc) is 2.19. The molecule has 1 heteroatoms. The number of benzene rings is 1. The molecule has 0 radical (unpaired) electrons. The first-order valence-electron chi connectivity index (χ1n) is 4.46. The molecule has 1 aromatic carbocycles. The summed E-state index contributed by atoms with van der Waals surface area (Å²) in [7, 11) is 0. The zero-order valence-electron chi connectivity index (χ0n) is 7.74. The predicted molar refractivity (Wildman–Crippen MR) is 59.2 cm³/mol. The van der Waals surface area contributed by atoms with Crippen LogP contribution >= 0.6 is 0 Å². The topological polar surface area (TPSA) is 26.0 Å². The van der Waals surface area contributed by atoms with Crippen LogP contribution in [0, 0.1) is 0 Å². The highest BCUT2D eigenvalue weighted by atomic mass is 14.5. The largest absolute Gasteiger partial charge is 0.330 e. The van der Waals surface area contributed by atoms with Gasteiger partial charge in [-0.05, 0) is 24.1 Å². The van der Waals surface area contributed by atoms with E-state index in [0.29, 0.717) is 6.54 Å². The number of hydrogen-bond donors (Lipinski definition) is 1. The molecule has 1 rings (SSSR count). The Labute approximate surface area is 79.6 Å². The summed E-state index contributed by atoms with van der Waals surface area (Å²) in [4.78, 5) is 0. The highest BCUT2D eigenvalue weighted by Crippen LogP contribution is 2.07. The Hall–Kier alpha value is -1.34. The second-order valence-corrected chi connectivity index (χ2v) is 2.85. The van der Waals surface area contributed by atoms with Crippen LogP contribution in [-0.4, -0.2) is 6.54 Å². The van der Waals surface area contributed by atoms with Gasteiger partial charge in [-0.2, -0.15) is 0 Å². The summed E-state index contributed by atoms with van der Waals surface area (Å²) in [6, 6.07) is 8.25. The van der Waals surface area contributed by atoms with E-state index in [1.165, 1.54) is 5.56 Å². The molecule has 0 saturated carbocycles. The van der Waals surface area contributed by atoms with E-state index in [0.717, 1.165) is 12.0 Å². The Morgan fingerprint density at radius 2 is 1.77 bits per heavy atom. The van der Waals surface area contributed by atoms with E-state index in [9.17, 15) is 0 Å². The van der Waals surface area contributed by atoms with Crippen molar-refractivity contribution in [2.75, 3.05) is 6.54 Å². The molecule has 13 heavy (non-hydrogen) atoms. The average molecular weight is 173 g/mol. The van der Waals surface area contributed by atoms with Crippen LogP contribution in [0.4, 0.5) is 0 Å². The minimum absolute atomic E-state index is 0.710. The second-order valence-electron chi connectivity index (χ2n) is 2.85. The SMILES string of the molecule is C=Cc1ccc(C=CCCN)cc1. The first-order valence-corrected chi connectivity index (χ1v) is 4.46. The summed E-state index contributed by atoms with van der Waals surface area (Å²) in [6.45, 7) is 4.41. The Balaban J connectivity index is 2.63. The van der Waals surface area contributed by atoms with Crippen LogP contribution in [0.3, 0.4) is 0 Å². The monoisotopic (exact) mass is 173 g/mol. The van der Waals surface area contributed by atoms with Crippen LogP contribution < -0.4 is 5.73 Å². The minimum Gasteiger partial charge on any atom is -0.330 e. The smallest absolute Gasteiger partial charge is 0.00425 e. The quantitative estimate of drug-likeness (QED) is 0.744. The third-order valence-electron chi connectivity index (χ3n) is 1.82. The fourth-order valence-corrected chi connectivity index (χ4v) is 1.06. The lowest BCUT2D eigenvalue weighted by Crippen LogP contribution is -1.94. The van der Waals surface area contributed by atoms with Gasteiger partial charge in [0.15, 0.2) is 0 Å². The number of hydrogen-bond acceptors (Lipinski definition) is 1. The lowest BCUT2D eigenvalue weighted by atomic mass is 10.1. The molecular weight excluding hydrogens is 158 g/mol. The normalized spacial score (nSPS) is 10.5. The van der Waals surface area contributed by atoms with Crippen molar-refractivity contribution in [1.29, 1.82) is 0 Å². The van der Waals surface area contributed by atoms with Crippen molar-refractivity contribution in [3.05, 3.63) is 48.0 Å². The van der Waals surface area contributed by atoms with E-state index in [1.807, 2.05) is 6.08 Å². The van der Waals surface area contributed by atoms with Crippen molar-refractivity contribution < 1.29 is 0 Å². The maximum absolute atomic E-state index is 5.37. The van der Waals surface area contributed by atoms with Crippen molar-refractivity contribution >= 4 is 12.2 Å². The van der Waals surface area contributed by atoms with Crippen molar-refractivity contribution in [2.24, 2.45) is 5.73 Å². The molecule has 0 saturated heterocycles. The van der Waals surface area contributed by atoms with Gasteiger partial charge in [0.1, 0.15) is 0 Å². The van der Waals surface area contributed by atoms with Crippen molar-refractivity contribution in [1.82, 2.24) is 0 Å². The molecule has 0 amide bonds. The maximum Gasteiger partial charge on any atom is -0.00425 e. The van der Waals surface area contributed by atoms with Crippen LogP contribution in [0.5, 0.6) is 0 Å². The zero-order valence-corrected chi connectivity index (χ0v) is 7.74. The van der Waals surface area contributed by atoms with E-state index in [1.54, 1.807) is 0 Å². The Kier molecular flexibility index (Phi) is 4.00. The summed E-state index contributed by atoms with van der Waals surface area (Å²) >= 11 is 0. The Morgan fingerprint density at radius 3 is 2.31 bits per heavy atom. The molecule has 0 aromatic heterocycles. The predicted octanol–water partition coefficient (Wildman–Crippen LogP) is 2.69. The van der Waals surface area contributed by atoms with Gasteiger partial charge in [0, 0.05) is 0 Å². The van der Waals surface area contributed by atoms with Gasteiger partial charge in [-0.1, -0.05) is 49.1 Å². The third-order valence-corrected chi connectivity index (χ3v) is 1.82. The summed E-state index contributed by atoms with van der Waals surface area (Å²) < 4.78 is 0. The van der Waals surface area contributed by atoms with E-state index in [2.05, 4.69) is 43.0 Å². The fraction of sp³-hybridized carbons (Fsp3) is 0.167. The zero-order chi connectivity index (χ0) is 9.52. The third kappa shape index (κ3) is 3.26. The van der Waals surface area contributed by atoms with Crippen LogP contribution in [-0.2, 0) is 0 Å². The molecule has 0 fully saturated rings. The molecule has 0 aliphatic carbocycles. The first kappa shape index (κ1) is 9.75. The molecule has 1 aromatic rings. The lowest BCUT2D eigenvalue weighted by molar-refractivity contribution is 1.01. The van der Waals surface area contributed by atoms with E-state index in [-0.39, 0.29) is 0 Å². The van der Waals surface area contributed by atoms with Crippen LogP contribution in [0.15, 0.2) is 36.9 Å². The highest BCUT2D eigenvalue weighted by Gasteiger charge is 1.86. The number of rotatable bonds is 4. The molecule has 0 heterocycles. The van der Waals surface area contributed by atoms with Crippen LogP contribution in [0.25, 0.3) is 12.2 Å². The summed E-state index contributed by atoms with van der Waals surface area (Å²) in [5.74, 6) is 0. The van der Waals surface area contributed by atoms with Gasteiger partial charge < -0.3 is 5.73 Å². The summed E-state index contributed by atoms with van der Waals surface area (Å²) in [5, 5.41) is 0. The maximum atomic E-state index is 5.37. The van der Waals surface area contributed by atoms with Gasteiger partial charge in [-0.25, -0.2) is 0 Å². The molecule has 1 nitrogen and oxygen atoms in total. The van der Waals surface area contributed by atoms with Crippen molar-refractivity contribution in [2.45, 2.75) is 6.42 Å². The molecule has 0 bridgehead atoms. The molecule has 2 N–H and O–H groups in total. The molecule has 0 spiro atoms. The Morgan fingerprint density at radius 1 is 1.15 bits per heavy atom. The lowest BCUT2D eigenvalue weighted by Gasteiger charge is -1.94. The van der Waals surface area contributed by atoms with Crippen LogP contribution in [0.1, 0.15) is 17.5 Å². The number of nitrogens with two attached hydrogens (primary N) is 1. The van der Waals surface area contributed by atoms with Gasteiger partial charge in [0.05, 0.1) is 0 Å². The molecule has 68 valence electrons. The van der Waals surface area contributed by atoms with Gasteiger partial charge in [0.2, 0.25) is 0 Å². The van der Waals surface area contributed by atoms with E-state index < -0.39 is 0 Å². The standard InChI is InChI=1S/C12H15N/c1-2-11-6-8-12(9-7-11)5-3-4-10-13/h2-3,5-9H,1,4,10,13H2. The summed E-state index contributed by atoms with van der Waals surface area (Å²) in [6.07, 6.45) is 6.94.